The number of hydrogen-bond donors (Lipinski definition) is 2. The molecule has 0 saturated carbocycles. The number of allylic oxidation sites excluding steroid dienone is 1. The van der Waals surface area contributed by atoms with Gasteiger partial charge in [0.25, 0.3) is 23.0 Å². The van der Waals surface area contributed by atoms with Crippen molar-refractivity contribution in [1.82, 2.24) is 62.7 Å². The van der Waals surface area contributed by atoms with E-state index in [4.69, 9.17) is 102 Å². The number of hydrogen-bond acceptors (Lipinski definition) is 16. The van der Waals surface area contributed by atoms with Gasteiger partial charge in [0.2, 0.25) is 5.88 Å². The highest BCUT2D eigenvalue weighted by atomic mass is 79.9. The molecule has 3 amide bonds. The Bertz CT molecular complexity index is 6560. The van der Waals surface area contributed by atoms with Gasteiger partial charge in [0.1, 0.15) is 90.2 Å². The van der Waals surface area contributed by atoms with Crippen molar-refractivity contribution in [3.05, 3.63) is 280 Å². The summed E-state index contributed by atoms with van der Waals surface area (Å²) in [5, 5.41) is 18.0. The number of anilines is 4. The van der Waals surface area contributed by atoms with E-state index in [1.165, 1.54) is 75.3 Å². The minimum Gasteiger partial charge on any atom is -0.475 e. The number of carbonyl (C=O) groups is 4. The quantitative estimate of drug-likeness (QED) is 0.0306. The van der Waals surface area contributed by atoms with Gasteiger partial charge in [-0.1, -0.05) is 194 Å². The summed E-state index contributed by atoms with van der Waals surface area (Å²) in [6.07, 6.45) is 27.5. The lowest BCUT2D eigenvalue weighted by molar-refractivity contribution is 0.0973. The third kappa shape index (κ3) is 26.7. The Morgan fingerprint density at radius 1 is 0.493 bits per heavy atom. The maximum Gasteiger partial charge on any atom is 0.267 e. The van der Waals surface area contributed by atoms with Gasteiger partial charge >= 0.3 is 0 Å². The molecular formula is C99H107Br2Cl8N17O7Si. The van der Waals surface area contributed by atoms with Crippen LogP contribution in [0.15, 0.2) is 211 Å². The van der Waals surface area contributed by atoms with Crippen LogP contribution in [-0.2, 0) is 43.6 Å². The summed E-state index contributed by atoms with van der Waals surface area (Å²) in [4.78, 5) is 85.5. The molecule has 0 unspecified atom stereocenters. The first-order valence-electron chi connectivity index (χ1n) is 44.2. The van der Waals surface area contributed by atoms with Crippen molar-refractivity contribution in [3.8, 4) is 5.88 Å². The van der Waals surface area contributed by atoms with Crippen molar-refractivity contribution in [2.75, 3.05) is 66.0 Å². The summed E-state index contributed by atoms with van der Waals surface area (Å²) in [7, 11) is -1.98. The molecule has 6 aromatic carbocycles. The van der Waals surface area contributed by atoms with E-state index in [0.29, 0.717) is 32.0 Å². The molecule has 0 bridgehead atoms. The van der Waals surface area contributed by atoms with Gasteiger partial charge in [-0.25, -0.2) is 39.9 Å². The molecule has 17 rings (SSSR count). The van der Waals surface area contributed by atoms with Crippen molar-refractivity contribution < 1.29 is 33.4 Å². The van der Waals surface area contributed by atoms with Gasteiger partial charge in [-0.05, 0) is 219 Å². The summed E-state index contributed by atoms with van der Waals surface area (Å²) < 4.78 is 25.4. The first kappa shape index (κ1) is 105. The standard InChI is InChI=1S/C24H32Cl2N4O2Si.C18H18Cl2N4O2.C18H17ClN4O2.C14H20N2.C11H12BrN.C9H7Br.C5HCl3N2O/c1-7-11-29-12-10-17-15-18(8-9-19(17)29)30(13-14-32-33(5,6)24(2,3)4)23(31)20-21(25)27-16-28-22(20)26;1-2-6-23-7-5-12-10-13(3-4-14(12)23)24(8-9-25)18(26)15-16(19)21-11-22-17(15)20;1-2-6-22-7-5-12-10-13(3-4-14(12)22)23-8-9-25-17-15(18(23)24)16(19)20-11-21-17;1-3-8-15-13-5-6-14-12(11-13)7-10-16(14)9-4-2;1-2-6-13-7-5-9-8-10(12)3-4-11(9)13;10-9-5-4-7-2-1-3-8(7)6-9;6-3-2(5(8)11)4(7)10-1-9-3/h8-10,12,15-16H,7,11,13-14H2,1-6H3;3-5,7,10-11,25H,2,6,8-9H2,1H3;3-5,7,10-11H,2,6,8-9H2,1H3;5-7,10-11,15H,3-4,8-9H2,1-2H3;3-5,7-8H,2,6H2,1H3;1,3-6H,2H2;1H. The van der Waals surface area contributed by atoms with Crippen molar-refractivity contribution in [3.63, 3.8) is 0 Å². The molecule has 1 aliphatic carbocycles. The Kier molecular flexibility index (Phi) is 38.9. The minimum atomic E-state index is -1.98. The molecule has 15 aromatic rings. The fraction of sp³-hybridized carbons (Fsp3) is 0.313. The number of fused-ring (bicyclic) bond motifs is 7. The van der Waals surface area contributed by atoms with Gasteiger partial charge < -0.3 is 57.1 Å². The molecule has 10 heterocycles. The number of rotatable bonds is 25. The molecule has 0 fully saturated rings. The van der Waals surface area contributed by atoms with Crippen LogP contribution in [0.25, 0.3) is 60.6 Å². The Morgan fingerprint density at radius 2 is 0.896 bits per heavy atom. The molecule has 0 saturated heterocycles. The van der Waals surface area contributed by atoms with Crippen molar-refractivity contribution >= 4 is 239 Å². The Balaban J connectivity index is 0.000000156. The second kappa shape index (κ2) is 49.8. The molecule has 704 valence electrons. The van der Waals surface area contributed by atoms with Gasteiger partial charge in [0, 0.05) is 170 Å². The summed E-state index contributed by atoms with van der Waals surface area (Å²) in [5.74, 6) is -0.813. The highest BCUT2D eigenvalue weighted by molar-refractivity contribution is 9.10. The zero-order valence-electron chi connectivity index (χ0n) is 76.4. The van der Waals surface area contributed by atoms with Crippen LogP contribution >= 0.6 is 125 Å². The van der Waals surface area contributed by atoms with Crippen LogP contribution in [0.4, 0.5) is 22.7 Å². The second-order valence-corrected chi connectivity index (χ2v) is 42.3. The largest absolute Gasteiger partial charge is 0.475 e. The fourth-order valence-electron chi connectivity index (χ4n) is 14.8. The van der Waals surface area contributed by atoms with E-state index in [1.54, 1.807) is 9.80 Å². The maximum atomic E-state index is 13.6. The summed E-state index contributed by atoms with van der Waals surface area (Å²) in [6, 6.07) is 47.6. The average molecular weight is 2120 g/mol. The van der Waals surface area contributed by atoms with E-state index in [1.807, 2.05) is 66.9 Å². The predicted octanol–water partition coefficient (Wildman–Crippen LogP) is 27.0. The predicted molar refractivity (Wildman–Crippen MR) is 559 cm³/mol. The lowest BCUT2D eigenvalue weighted by atomic mass is 10.1. The second-order valence-electron chi connectivity index (χ2n) is 32.8. The molecule has 24 nitrogen and oxygen atoms in total. The van der Waals surface area contributed by atoms with Crippen LogP contribution in [0.3, 0.4) is 0 Å². The lowest BCUT2D eigenvalue weighted by Crippen LogP contribution is -2.43. The number of nitrogens with zero attached hydrogens (tertiary/aromatic N) is 16. The molecule has 0 atom stereocenters. The van der Waals surface area contributed by atoms with E-state index >= 15 is 0 Å². The molecule has 2 N–H and O–H groups in total. The number of aliphatic hydroxyl groups is 1. The van der Waals surface area contributed by atoms with E-state index in [9.17, 15) is 24.3 Å². The number of nitrogens with one attached hydrogen (secondary N) is 1. The SMILES string of the molecule is Brc1ccc2c(c1)C=CC2.CCCNc1ccc2c(ccn2CCC)c1.CCCn1ccc2cc(Br)ccc21.CCCn1ccc2cc(N(CCO)C(=O)c3c(Cl)ncnc3Cl)ccc21.CCCn1ccc2cc(N(CCO[Si](C)(C)C(C)(C)C)C(=O)c3c(Cl)ncnc3Cl)ccc21.CCCn1ccc2cc(N3CCOc4ncnc(Cl)c4C3=O)ccc21.O=C(Cl)c1c(Cl)ncnc1Cl. The number of ether oxygens (including phenoxy) is 1. The third-order valence-electron chi connectivity index (χ3n) is 22.4. The third-order valence-corrected chi connectivity index (χ3v) is 30.1. The zero-order valence-corrected chi connectivity index (χ0v) is 86.6. The molecule has 2 aliphatic rings. The number of carbonyl (C=O) groups excluding carboxylic acids is 4. The number of amides is 3. The summed E-state index contributed by atoms with van der Waals surface area (Å²) in [6.45, 7) is 31.5. The maximum absolute atomic E-state index is 13.6. The van der Waals surface area contributed by atoms with Gasteiger partial charge in [0.05, 0.1) is 19.8 Å². The van der Waals surface area contributed by atoms with Crippen LogP contribution in [0, 0.1) is 0 Å². The van der Waals surface area contributed by atoms with Gasteiger partial charge in [0.15, 0.2) is 8.32 Å². The Morgan fingerprint density at radius 3 is 1.34 bits per heavy atom. The number of aliphatic hydroxyl groups excluding tert-OH is 1. The monoisotopic (exact) mass is 2110 g/mol. The first-order valence-corrected chi connectivity index (χ1v) is 51.7. The number of halogens is 10. The van der Waals surface area contributed by atoms with Crippen LogP contribution in [0.2, 0.25) is 54.2 Å². The highest BCUT2D eigenvalue weighted by Crippen LogP contribution is 2.39. The van der Waals surface area contributed by atoms with Crippen molar-refractivity contribution in [2.24, 2.45) is 0 Å². The number of aryl methyl sites for hydroxylation is 5. The number of aromatic nitrogens is 13. The smallest absolute Gasteiger partial charge is 0.267 e. The van der Waals surface area contributed by atoms with Crippen LogP contribution in [0.5, 0.6) is 5.88 Å². The van der Waals surface area contributed by atoms with Crippen molar-refractivity contribution in [2.45, 2.75) is 158 Å². The minimum absolute atomic E-state index is 0.0203. The molecule has 1 aliphatic heterocycles. The van der Waals surface area contributed by atoms with E-state index in [2.05, 4.69) is 291 Å². The molecular weight excluding hydrogens is 2010 g/mol. The topological polar surface area (TPSA) is 256 Å². The number of benzene rings is 6. The normalized spacial score (nSPS) is 12.0. The van der Waals surface area contributed by atoms with Gasteiger partial charge in [-0.2, -0.15) is 0 Å². The molecule has 134 heavy (non-hydrogen) atoms. The lowest BCUT2D eigenvalue weighted by Gasteiger charge is -2.37. The van der Waals surface area contributed by atoms with Gasteiger partial charge in [-0.15, -0.1) is 0 Å². The van der Waals surface area contributed by atoms with E-state index < -0.39 is 19.5 Å². The molecule has 0 radical (unpaired) electrons. The summed E-state index contributed by atoms with van der Waals surface area (Å²) >= 11 is 53.7. The Labute approximate surface area is 838 Å². The average Bonchev–Trinajstić information content (AvgIpc) is 1.56. The molecule has 9 aromatic heterocycles. The van der Waals surface area contributed by atoms with Crippen LogP contribution in [0.1, 0.15) is 153 Å². The molecule has 0 spiro atoms. The van der Waals surface area contributed by atoms with E-state index in [0.717, 1.165) is 131 Å². The molecule has 35 heteroatoms. The van der Waals surface area contributed by atoms with Crippen LogP contribution in [-0.4, -0.2) is 145 Å². The first-order chi connectivity index (χ1) is 64.3. The van der Waals surface area contributed by atoms with E-state index in [-0.39, 0.29) is 94.2 Å². The Hall–Kier alpha value is -9.82. The van der Waals surface area contributed by atoms with Gasteiger partial charge in [-0.3, -0.25) is 19.2 Å². The summed E-state index contributed by atoms with van der Waals surface area (Å²) in [5.41, 5.74) is 12.5. The van der Waals surface area contributed by atoms with Crippen LogP contribution < -0.4 is 24.8 Å². The highest BCUT2D eigenvalue weighted by Gasteiger charge is 2.38. The zero-order chi connectivity index (χ0) is 96.5. The van der Waals surface area contributed by atoms with Crippen molar-refractivity contribution in [1.29, 1.82) is 0 Å². The fourth-order valence-corrected chi connectivity index (χ4v) is 18.5.